The molecule has 0 spiro atoms. The molecule has 0 atom stereocenters. The van der Waals surface area contributed by atoms with Crippen LogP contribution in [0.4, 0.5) is 11.8 Å². The molecule has 2 aromatic rings. The lowest BCUT2D eigenvalue weighted by Crippen LogP contribution is -2.36. The van der Waals surface area contributed by atoms with Gasteiger partial charge in [0.2, 0.25) is 5.95 Å². The second-order valence-electron chi connectivity index (χ2n) is 4.54. The quantitative estimate of drug-likeness (QED) is 0.881. The highest BCUT2D eigenvalue weighted by molar-refractivity contribution is 7.17. The zero-order valence-electron chi connectivity index (χ0n) is 11.2. The molecule has 0 aliphatic carbocycles. The van der Waals surface area contributed by atoms with Crippen LogP contribution in [0.15, 0.2) is 18.2 Å². The van der Waals surface area contributed by atoms with E-state index in [1.54, 1.807) is 12.1 Å². The third kappa shape index (κ3) is 2.96. The van der Waals surface area contributed by atoms with Crippen LogP contribution in [-0.2, 0) is 4.74 Å². The van der Waals surface area contributed by atoms with Crippen molar-refractivity contribution in [2.24, 2.45) is 0 Å². The summed E-state index contributed by atoms with van der Waals surface area (Å²) in [6.07, 6.45) is 0. The van der Waals surface area contributed by atoms with Gasteiger partial charge in [0.1, 0.15) is 10.7 Å². The topological polar surface area (TPSA) is 102 Å². The molecule has 21 heavy (non-hydrogen) atoms. The van der Waals surface area contributed by atoms with Gasteiger partial charge in [-0.1, -0.05) is 0 Å². The number of carboxylic acids is 1. The van der Waals surface area contributed by atoms with E-state index in [2.05, 4.69) is 14.9 Å². The number of nitrogens with two attached hydrogens (primary N) is 1. The molecule has 2 aromatic heterocycles. The number of hydrogen-bond donors (Lipinski definition) is 2. The van der Waals surface area contributed by atoms with Crippen molar-refractivity contribution in [3.05, 3.63) is 23.1 Å². The average Bonchev–Trinajstić information content (AvgIpc) is 2.98. The van der Waals surface area contributed by atoms with Crippen molar-refractivity contribution in [3.8, 4) is 10.6 Å². The number of hydrogen-bond acceptors (Lipinski definition) is 7. The number of rotatable bonds is 3. The molecule has 0 saturated carbocycles. The van der Waals surface area contributed by atoms with Crippen LogP contribution in [0.25, 0.3) is 10.6 Å². The molecule has 0 unspecified atom stereocenters. The molecule has 3 heterocycles. The maximum Gasteiger partial charge on any atom is 0.345 e. The van der Waals surface area contributed by atoms with Crippen molar-refractivity contribution in [1.82, 2.24) is 9.97 Å². The smallest absolute Gasteiger partial charge is 0.345 e. The normalized spacial score (nSPS) is 15.1. The predicted octanol–water partition coefficient (Wildman–Crippen LogP) is 1.32. The van der Waals surface area contributed by atoms with E-state index in [-0.39, 0.29) is 10.8 Å². The summed E-state index contributed by atoms with van der Waals surface area (Å²) in [5.41, 5.74) is 6.42. The Labute approximate surface area is 125 Å². The summed E-state index contributed by atoms with van der Waals surface area (Å²) in [7, 11) is 0. The maximum atomic E-state index is 11.0. The van der Waals surface area contributed by atoms with E-state index in [4.69, 9.17) is 15.6 Å². The zero-order valence-corrected chi connectivity index (χ0v) is 12.0. The fourth-order valence-electron chi connectivity index (χ4n) is 2.12. The van der Waals surface area contributed by atoms with Gasteiger partial charge in [0.25, 0.3) is 0 Å². The van der Waals surface area contributed by atoms with Gasteiger partial charge in [0.05, 0.1) is 23.8 Å². The number of anilines is 2. The van der Waals surface area contributed by atoms with Crippen molar-refractivity contribution >= 4 is 29.1 Å². The van der Waals surface area contributed by atoms with Gasteiger partial charge in [-0.2, -0.15) is 4.98 Å². The first kappa shape index (κ1) is 13.8. The van der Waals surface area contributed by atoms with Gasteiger partial charge in [0, 0.05) is 19.2 Å². The van der Waals surface area contributed by atoms with Crippen molar-refractivity contribution < 1.29 is 14.6 Å². The zero-order chi connectivity index (χ0) is 14.8. The van der Waals surface area contributed by atoms with Crippen LogP contribution < -0.4 is 10.6 Å². The van der Waals surface area contributed by atoms with Gasteiger partial charge in [-0.05, 0) is 12.1 Å². The molecular formula is C13H14N4O3S. The third-order valence-corrected chi connectivity index (χ3v) is 4.23. The van der Waals surface area contributed by atoms with Gasteiger partial charge >= 0.3 is 5.97 Å². The summed E-state index contributed by atoms with van der Waals surface area (Å²) >= 11 is 1.17. The summed E-state index contributed by atoms with van der Waals surface area (Å²) < 4.78 is 5.32. The number of nitrogen functional groups attached to an aromatic ring is 1. The Bertz CT molecular complexity index is 667. The van der Waals surface area contributed by atoms with Crippen LogP contribution in [0, 0.1) is 0 Å². The number of nitrogens with zero attached hydrogens (tertiary/aromatic N) is 3. The standard InChI is InChI=1S/C13H14N4O3S/c14-13-15-8(9-1-2-10(21-9)12(18)19)7-11(16-13)17-3-5-20-6-4-17/h1-2,7H,3-6H2,(H,18,19)(H2,14,15,16). The van der Waals surface area contributed by atoms with Gasteiger partial charge in [-0.25, -0.2) is 9.78 Å². The number of carboxylic acid groups (broad SMARTS) is 1. The van der Waals surface area contributed by atoms with Gasteiger partial charge in [0.15, 0.2) is 0 Å². The largest absolute Gasteiger partial charge is 0.477 e. The average molecular weight is 306 g/mol. The Balaban J connectivity index is 1.94. The predicted molar refractivity (Wildman–Crippen MR) is 79.7 cm³/mol. The number of carbonyl (C=O) groups is 1. The van der Waals surface area contributed by atoms with Crippen LogP contribution in [0.5, 0.6) is 0 Å². The lowest BCUT2D eigenvalue weighted by molar-refractivity contribution is 0.0702. The molecular weight excluding hydrogens is 292 g/mol. The molecule has 110 valence electrons. The molecule has 1 aliphatic rings. The minimum Gasteiger partial charge on any atom is -0.477 e. The summed E-state index contributed by atoms with van der Waals surface area (Å²) in [5.74, 6) is -0.0213. The van der Waals surface area contributed by atoms with E-state index in [0.717, 1.165) is 23.8 Å². The molecule has 0 radical (unpaired) electrons. The van der Waals surface area contributed by atoms with Crippen molar-refractivity contribution in [2.75, 3.05) is 36.9 Å². The molecule has 3 rings (SSSR count). The van der Waals surface area contributed by atoms with E-state index < -0.39 is 5.97 Å². The molecule has 0 aromatic carbocycles. The van der Waals surface area contributed by atoms with Gasteiger partial charge in [-0.15, -0.1) is 11.3 Å². The van der Waals surface area contributed by atoms with E-state index in [0.29, 0.717) is 18.9 Å². The van der Waals surface area contributed by atoms with E-state index in [1.165, 1.54) is 11.3 Å². The Hall–Kier alpha value is -2.19. The van der Waals surface area contributed by atoms with E-state index >= 15 is 0 Å². The number of aromatic nitrogens is 2. The van der Waals surface area contributed by atoms with Gasteiger partial charge in [-0.3, -0.25) is 0 Å². The molecule has 3 N–H and O–H groups in total. The molecule has 1 aliphatic heterocycles. The Kier molecular flexibility index (Phi) is 3.72. The van der Waals surface area contributed by atoms with E-state index in [1.807, 2.05) is 6.07 Å². The van der Waals surface area contributed by atoms with Crippen molar-refractivity contribution in [2.45, 2.75) is 0 Å². The third-order valence-electron chi connectivity index (χ3n) is 3.13. The summed E-state index contributed by atoms with van der Waals surface area (Å²) in [5, 5.41) is 8.99. The number of morpholine rings is 1. The molecule has 1 saturated heterocycles. The first-order valence-electron chi connectivity index (χ1n) is 6.44. The molecule has 1 fully saturated rings. The minimum absolute atomic E-state index is 0.180. The van der Waals surface area contributed by atoms with Crippen LogP contribution in [0.3, 0.4) is 0 Å². The van der Waals surface area contributed by atoms with Crippen molar-refractivity contribution in [1.29, 1.82) is 0 Å². The highest BCUT2D eigenvalue weighted by Gasteiger charge is 2.16. The second kappa shape index (κ2) is 5.66. The minimum atomic E-state index is -0.943. The summed E-state index contributed by atoms with van der Waals surface area (Å²) in [4.78, 5) is 22.5. The Morgan fingerprint density at radius 3 is 2.76 bits per heavy atom. The van der Waals surface area contributed by atoms with Crippen molar-refractivity contribution in [3.63, 3.8) is 0 Å². The number of ether oxygens (including phenoxy) is 1. The number of thiophene rings is 1. The lowest BCUT2D eigenvalue weighted by Gasteiger charge is -2.28. The van der Waals surface area contributed by atoms with E-state index in [9.17, 15) is 4.79 Å². The van der Waals surface area contributed by atoms with Crippen LogP contribution in [-0.4, -0.2) is 47.3 Å². The summed E-state index contributed by atoms with van der Waals surface area (Å²) in [6.45, 7) is 2.81. The molecule has 0 bridgehead atoms. The lowest BCUT2D eigenvalue weighted by atomic mass is 10.3. The molecule has 7 nitrogen and oxygen atoms in total. The molecule has 8 heteroatoms. The fraction of sp³-hybridized carbons (Fsp3) is 0.308. The van der Waals surface area contributed by atoms with Crippen LogP contribution in [0.2, 0.25) is 0 Å². The van der Waals surface area contributed by atoms with Crippen LogP contribution >= 0.6 is 11.3 Å². The summed E-state index contributed by atoms with van der Waals surface area (Å²) in [6, 6.07) is 5.13. The van der Waals surface area contributed by atoms with Gasteiger partial charge < -0.3 is 20.5 Å². The fourth-order valence-corrected chi connectivity index (χ4v) is 2.93. The second-order valence-corrected chi connectivity index (χ2v) is 5.62. The Morgan fingerprint density at radius 2 is 2.10 bits per heavy atom. The first-order valence-corrected chi connectivity index (χ1v) is 7.26. The SMILES string of the molecule is Nc1nc(-c2ccc(C(=O)O)s2)cc(N2CCOCC2)n1. The molecule has 0 amide bonds. The van der Waals surface area contributed by atoms with Crippen LogP contribution in [0.1, 0.15) is 9.67 Å². The number of aromatic carboxylic acids is 1. The Morgan fingerprint density at radius 1 is 1.33 bits per heavy atom. The highest BCUT2D eigenvalue weighted by atomic mass is 32.1. The first-order chi connectivity index (χ1) is 10.1. The maximum absolute atomic E-state index is 11.0. The highest BCUT2D eigenvalue weighted by Crippen LogP contribution is 2.29. The monoisotopic (exact) mass is 306 g/mol.